The summed E-state index contributed by atoms with van der Waals surface area (Å²) in [5, 5.41) is 7.90. The van der Waals surface area contributed by atoms with Crippen molar-refractivity contribution in [2.75, 3.05) is 44.2 Å². The zero-order chi connectivity index (χ0) is 32.9. The molecule has 3 aliphatic rings. The minimum atomic E-state index is -1.12. The minimum absolute atomic E-state index is 0.241. The van der Waals surface area contributed by atoms with Crippen molar-refractivity contribution in [3.05, 3.63) is 30.1 Å². The van der Waals surface area contributed by atoms with Gasteiger partial charge in [0.25, 0.3) is 5.91 Å². The minimum Gasteiger partial charge on any atom is -0.368 e. The van der Waals surface area contributed by atoms with Crippen LogP contribution in [0.1, 0.15) is 52.9 Å². The number of ketones is 1. The standard InChI is InChI=1S/C31H44FN7O6/c1-31(2,3)26(29(44)39-12-4-5-23(39)28(43)35-22(17-19-6-7-19)25(41)27(33)42)36-30(45)34-18-24(40)38-15-13-37(14-16-38)21-10-8-20(32)9-11-21/h8-11,19,22-23,26H,4-7,12-18H2,1-3H3,(H2,33,42)(H,35,43)(H2,34,36,45)/t22?,23-,26?/m0/s1. The maximum atomic E-state index is 13.8. The van der Waals surface area contributed by atoms with Gasteiger partial charge in [-0.15, -0.1) is 0 Å². The van der Waals surface area contributed by atoms with Gasteiger partial charge >= 0.3 is 6.03 Å². The highest BCUT2D eigenvalue weighted by molar-refractivity contribution is 6.37. The molecule has 4 rings (SSSR count). The molecule has 3 fully saturated rings. The zero-order valence-corrected chi connectivity index (χ0v) is 26.1. The number of hydrogen-bond donors (Lipinski definition) is 4. The number of benzene rings is 1. The highest BCUT2D eigenvalue weighted by Gasteiger charge is 2.43. The number of anilines is 1. The average molecular weight is 630 g/mol. The van der Waals surface area contributed by atoms with Crippen LogP contribution < -0.4 is 26.6 Å². The van der Waals surface area contributed by atoms with Crippen LogP contribution >= 0.6 is 0 Å². The summed E-state index contributed by atoms with van der Waals surface area (Å²) in [6.45, 7) is 7.36. The number of Topliss-reactive ketones (excluding diaryl/α,β-unsaturated/α-hetero) is 1. The highest BCUT2D eigenvalue weighted by Crippen LogP contribution is 2.34. The fourth-order valence-electron chi connectivity index (χ4n) is 5.79. The number of likely N-dealkylation sites (tertiary alicyclic amines) is 1. The third-order valence-corrected chi connectivity index (χ3v) is 8.59. The Morgan fingerprint density at radius 1 is 0.933 bits per heavy atom. The Labute approximate surface area is 262 Å². The topological polar surface area (TPSA) is 174 Å². The Morgan fingerprint density at radius 2 is 1.58 bits per heavy atom. The molecule has 6 amide bonds. The molecule has 2 saturated heterocycles. The first-order valence-electron chi connectivity index (χ1n) is 15.5. The first-order valence-corrected chi connectivity index (χ1v) is 15.5. The lowest BCUT2D eigenvalue weighted by Gasteiger charge is -2.36. The summed E-state index contributed by atoms with van der Waals surface area (Å²) in [5.74, 6) is -3.32. The Bertz CT molecular complexity index is 1290. The van der Waals surface area contributed by atoms with Crippen molar-refractivity contribution in [1.82, 2.24) is 25.8 Å². The van der Waals surface area contributed by atoms with Crippen molar-refractivity contribution in [3.8, 4) is 0 Å². The molecule has 13 nitrogen and oxygen atoms in total. The number of carbonyl (C=O) groups excluding carboxylic acids is 6. The summed E-state index contributed by atoms with van der Waals surface area (Å²) in [7, 11) is 0. The van der Waals surface area contributed by atoms with Gasteiger partial charge in [0.1, 0.15) is 17.9 Å². The number of nitrogens with zero attached hydrogens (tertiary/aromatic N) is 3. The molecule has 0 bridgehead atoms. The molecule has 14 heteroatoms. The second-order valence-corrected chi connectivity index (χ2v) is 13.1. The van der Waals surface area contributed by atoms with E-state index in [1.165, 1.54) is 17.0 Å². The fraction of sp³-hybridized carbons (Fsp3) is 0.613. The van der Waals surface area contributed by atoms with Crippen LogP contribution in [-0.2, 0) is 24.0 Å². The maximum Gasteiger partial charge on any atom is 0.315 e. The molecule has 1 aromatic carbocycles. The molecule has 1 aromatic rings. The van der Waals surface area contributed by atoms with Crippen molar-refractivity contribution in [1.29, 1.82) is 0 Å². The van der Waals surface area contributed by atoms with E-state index in [0.29, 0.717) is 45.4 Å². The van der Waals surface area contributed by atoms with Crippen molar-refractivity contribution in [2.45, 2.75) is 71.0 Å². The molecule has 5 N–H and O–H groups in total. The van der Waals surface area contributed by atoms with Gasteiger partial charge in [-0.1, -0.05) is 33.6 Å². The molecule has 3 atom stereocenters. The van der Waals surface area contributed by atoms with Crippen molar-refractivity contribution in [2.24, 2.45) is 17.1 Å². The van der Waals surface area contributed by atoms with E-state index in [1.807, 2.05) is 0 Å². The van der Waals surface area contributed by atoms with Crippen molar-refractivity contribution < 1.29 is 33.2 Å². The molecule has 2 aliphatic heterocycles. The summed E-state index contributed by atoms with van der Waals surface area (Å²) < 4.78 is 13.2. The third-order valence-electron chi connectivity index (χ3n) is 8.59. The number of rotatable bonds is 11. The molecule has 45 heavy (non-hydrogen) atoms. The lowest BCUT2D eigenvalue weighted by molar-refractivity contribution is -0.143. The normalized spacial score (nSPS) is 19.8. The van der Waals surface area contributed by atoms with Gasteiger partial charge in [-0.3, -0.25) is 24.0 Å². The summed E-state index contributed by atoms with van der Waals surface area (Å²) in [5.41, 5.74) is 5.33. The number of amides is 6. The molecule has 2 unspecified atom stereocenters. The average Bonchev–Trinajstić information content (AvgIpc) is 3.68. The number of hydrogen-bond acceptors (Lipinski definition) is 7. The van der Waals surface area contributed by atoms with Crippen LogP contribution in [0.3, 0.4) is 0 Å². The molecule has 1 aliphatic carbocycles. The Balaban J connectivity index is 1.30. The van der Waals surface area contributed by atoms with Crippen LogP contribution in [0.2, 0.25) is 0 Å². The predicted molar refractivity (Wildman–Crippen MR) is 163 cm³/mol. The van der Waals surface area contributed by atoms with E-state index in [9.17, 15) is 33.2 Å². The third kappa shape index (κ3) is 8.92. The second kappa shape index (κ2) is 14.2. The number of piperazine rings is 1. The predicted octanol–water partition coefficient (Wildman–Crippen LogP) is 0.519. The number of primary amides is 1. The smallest absolute Gasteiger partial charge is 0.315 e. The lowest BCUT2D eigenvalue weighted by atomic mass is 9.85. The number of halogens is 1. The van der Waals surface area contributed by atoms with Crippen molar-refractivity contribution >= 4 is 41.1 Å². The largest absolute Gasteiger partial charge is 0.368 e. The molecule has 1 saturated carbocycles. The van der Waals surface area contributed by atoms with Crippen LogP contribution in [0.4, 0.5) is 14.9 Å². The van der Waals surface area contributed by atoms with Gasteiger partial charge in [0, 0.05) is 38.4 Å². The van der Waals surface area contributed by atoms with E-state index in [2.05, 4.69) is 20.9 Å². The van der Waals surface area contributed by atoms with E-state index in [-0.39, 0.29) is 30.7 Å². The first kappa shape index (κ1) is 33.7. The number of carbonyl (C=O) groups is 6. The van der Waals surface area contributed by atoms with E-state index in [1.54, 1.807) is 37.8 Å². The van der Waals surface area contributed by atoms with Gasteiger partial charge in [0.05, 0.1) is 12.6 Å². The van der Waals surface area contributed by atoms with Crippen LogP contribution in [0.15, 0.2) is 24.3 Å². The van der Waals surface area contributed by atoms with E-state index in [0.717, 1.165) is 18.5 Å². The highest BCUT2D eigenvalue weighted by atomic mass is 19.1. The Hall–Kier alpha value is -4.23. The molecule has 2 heterocycles. The van der Waals surface area contributed by atoms with Gasteiger partial charge < -0.3 is 36.4 Å². The van der Waals surface area contributed by atoms with E-state index in [4.69, 9.17) is 5.73 Å². The SMILES string of the molecule is CC(C)(C)C(NC(=O)NCC(=O)N1CCN(c2ccc(F)cc2)CC1)C(=O)N1CCC[C@H]1C(=O)NC(CC1CC1)C(=O)C(N)=O. The van der Waals surface area contributed by atoms with E-state index >= 15 is 0 Å². The van der Waals surface area contributed by atoms with Crippen molar-refractivity contribution in [3.63, 3.8) is 0 Å². The van der Waals surface area contributed by atoms with Gasteiger partial charge in [-0.2, -0.15) is 0 Å². The quantitative estimate of drug-likeness (QED) is 0.258. The number of urea groups is 1. The molecular formula is C31H44FN7O6. The van der Waals surface area contributed by atoms with Gasteiger partial charge in [0.15, 0.2) is 0 Å². The molecule has 0 aromatic heterocycles. The summed E-state index contributed by atoms with van der Waals surface area (Å²) in [6, 6.07) is 2.55. The first-order chi connectivity index (χ1) is 21.2. The van der Waals surface area contributed by atoms with Crippen LogP contribution in [0.5, 0.6) is 0 Å². The molecular weight excluding hydrogens is 585 g/mol. The summed E-state index contributed by atoms with van der Waals surface area (Å²) in [4.78, 5) is 81.8. The number of nitrogens with one attached hydrogen (secondary N) is 3. The second-order valence-electron chi connectivity index (χ2n) is 13.1. The molecule has 0 radical (unpaired) electrons. The number of nitrogens with two attached hydrogens (primary N) is 1. The van der Waals surface area contributed by atoms with Gasteiger partial charge in [-0.25, -0.2) is 9.18 Å². The molecule has 0 spiro atoms. The van der Waals surface area contributed by atoms with Crippen LogP contribution in [0.25, 0.3) is 0 Å². The van der Waals surface area contributed by atoms with Gasteiger partial charge in [0.2, 0.25) is 23.5 Å². The summed E-state index contributed by atoms with van der Waals surface area (Å²) >= 11 is 0. The monoisotopic (exact) mass is 629 g/mol. The lowest BCUT2D eigenvalue weighted by Crippen LogP contribution is -2.60. The summed E-state index contributed by atoms with van der Waals surface area (Å²) in [6.07, 6.45) is 3.06. The van der Waals surface area contributed by atoms with Gasteiger partial charge in [-0.05, 0) is 54.9 Å². The maximum absolute atomic E-state index is 13.8. The fourth-order valence-corrected chi connectivity index (χ4v) is 5.79. The van der Waals surface area contributed by atoms with Crippen LogP contribution in [0, 0.1) is 17.2 Å². The van der Waals surface area contributed by atoms with E-state index < -0.39 is 53.1 Å². The Morgan fingerprint density at radius 3 is 2.16 bits per heavy atom. The Kier molecular flexibility index (Phi) is 10.7. The molecule has 246 valence electrons. The van der Waals surface area contributed by atoms with Crippen LogP contribution in [-0.4, -0.2) is 103 Å². The zero-order valence-electron chi connectivity index (χ0n) is 26.1.